The number of hydrogen-bond acceptors (Lipinski definition) is 4. The van der Waals surface area contributed by atoms with Gasteiger partial charge in [-0.3, -0.25) is 4.79 Å². The van der Waals surface area contributed by atoms with Crippen LogP contribution in [-0.2, 0) is 17.8 Å². The van der Waals surface area contributed by atoms with Crippen LogP contribution in [0.2, 0.25) is 0 Å². The minimum atomic E-state index is -0.887. The van der Waals surface area contributed by atoms with Gasteiger partial charge in [0, 0.05) is 22.6 Å². The van der Waals surface area contributed by atoms with E-state index in [2.05, 4.69) is 6.07 Å². The Labute approximate surface area is 174 Å². The van der Waals surface area contributed by atoms with Crippen molar-refractivity contribution in [2.75, 3.05) is 0 Å². The van der Waals surface area contributed by atoms with Crippen molar-refractivity contribution in [1.29, 1.82) is 0 Å². The zero-order valence-electron chi connectivity index (χ0n) is 16.7. The zero-order valence-corrected chi connectivity index (χ0v) is 16.7. The number of para-hydroxylation sites is 1. The highest BCUT2D eigenvalue weighted by Crippen LogP contribution is 2.33. The Morgan fingerprint density at radius 3 is 2.73 bits per heavy atom. The summed E-state index contributed by atoms with van der Waals surface area (Å²) in [5, 5.41) is 10.1. The van der Waals surface area contributed by atoms with Gasteiger partial charge < -0.3 is 20.0 Å². The molecule has 5 heteroatoms. The van der Waals surface area contributed by atoms with Crippen molar-refractivity contribution in [3.63, 3.8) is 0 Å². The van der Waals surface area contributed by atoms with Crippen LogP contribution >= 0.6 is 0 Å². The second-order valence-corrected chi connectivity index (χ2v) is 7.36. The number of aliphatic carboxylic acids is 1. The average molecular weight is 401 g/mol. The van der Waals surface area contributed by atoms with Crippen LogP contribution in [0.4, 0.5) is 0 Å². The Balaban J connectivity index is 1.67. The minimum Gasteiger partial charge on any atom is -0.489 e. The maximum Gasteiger partial charge on any atom is 0.307 e. The molecular weight excluding hydrogens is 378 g/mol. The summed E-state index contributed by atoms with van der Waals surface area (Å²) in [4.78, 5) is 11.1. The number of carboxylic acid groups (broad SMARTS) is 1. The van der Waals surface area contributed by atoms with Crippen LogP contribution in [-0.4, -0.2) is 11.1 Å². The lowest BCUT2D eigenvalue weighted by molar-refractivity contribution is -0.136. The molecule has 5 nitrogen and oxygen atoms in total. The van der Waals surface area contributed by atoms with Crippen LogP contribution in [0.5, 0.6) is 5.75 Å². The highest BCUT2D eigenvalue weighted by atomic mass is 16.5. The Morgan fingerprint density at radius 1 is 1.10 bits per heavy atom. The maximum atomic E-state index is 11.1. The molecule has 152 valence electrons. The predicted molar refractivity (Wildman–Crippen MR) is 116 cm³/mol. The number of hydrogen-bond donors (Lipinski definition) is 2. The third-order valence-corrected chi connectivity index (χ3v) is 5.04. The van der Waals surface area contributed by atoms with Gasteiger partial charge in [-0.15, -0.1) is 0 Å². The van der Waals surface area contributed by atoms with Crippen molar-refractivity contribution in [3.8, 4) is 16.9 Å². The van der Waals surface area contributed by atoms with Gasteiger partial charge in [0.25, 0.3) is 0 Å². The highest BCUT2D eigenvalue weighted by molar-refractivity contribution is 5.93. The van der Waals surface area contributed by atoms with E-state index in [1.807, 2.05) is 55.5 Å². The van der Waals surface area contributed by atoms with E-state index < -0.39 is 5.97 Å². The molecule has 1 aromatic heterocycles. The van der Waals surface area contributed by atoms with Crippen molar-refractivity contribution < 1.29 is 19.1 Å². The van der Waals surface area contributed by atoms with Crippen molar-refractivity contribution in [2.45, 2.75) is 26.0 Å². The fourth-order valence-electron chi connectivity index (χ4n) is 3.55. The van der Waals surface area contributed by atoms with E-state index in [9.17, 15) is 4.79 Å². The summed E-state index contributed by atoms with van der Waals surface area (Å²) in [5.74, 6) is -0.310. The van der Waals surface area contributed by atoms with Gasteiger partial charge >= 0.3 is 5.97 Å². The van der Waals surface area contributed by atoms with Gasteiger partial charge in [0.15, 0.2) is 0 Å². The van der Waals surface area contributed by atoms with Crippen LogP contribution in [0.25, 0.3) is 22.1 Å². The number of ether oxygens (including phenoxy) is 1. The molecule has 0 saturated carbocycles. The average Bonchev–Trinajstić information content (AvgIpc) is 3.21. The van der Waals surface area contributed by atoms with Gasteiger partial charge in [-0.25, -0.2) is 0 Å². The molecule has 1 heterocycles. The number of nitrogens with two attached hydrogens (primary N) is 1. The molecule has 0 aliphatic rings. The number of fused-ring (bicyclic) bond motifs is 1. The van der Waals surface area contributed by atoms with Gasteiger partial charge in [-0.05, 0) is 53.9 Å². The van der Waals surface area contributed by atoms with Crippen LogP contribution in [0, 0.1) is 0 Å². The van der Waals surface area contributed by atoms with E-state index >= 15 is 0 Å². The number of benzene rings is 3. The number of rotatable bonds is 7. The summed E-state index contributed by atoms with van der Waals surface area (Å²) < 4.78 is 11.7. The van der Waals surface area contributed by atoms with E-state index in [-0.39, 0.29) is 12.5 Å². The molecule has 3 N–H and O–H groups in total. The molecule has 0 aliphatic carbocycles. The van der Waals surface area contributed by atoms with Crippen molar-refractivity contribution in [1.82, 2.24) is 0 Å². The molecule has 1 atom stereocenters. The highest BCUT2D eigenvalue weighted by Gasteiger charge is 2.13. The monoisotopic (exact) mass is 401 g/mol. The van der Waals surface area contributed by atoms with E-state index in [1.165, 1.54) is 0 Å². The summed E-state index contributed by atoms with van der Waals surface area (Å²) in [6.45, 7) is 2.28. The molecule has 30 heavy (non-hydrogen) atoms. The van der Waals surface area contributed by atoms with Crippen molar-refractivity contribution in [2.24, 2.45) is 5.73 Å². The Kier molecular flexibility index (Phi) is 5.55. The van der Waals surface area contributed by atoms with Crippen LogP contribution in [0.1, 0.15) is 29.7 Å². The fraction of sp³-hybridized carbons (Fsp3) is 0.160. The minimum absolute atomic E-state index is 0.0608. The van der Waals surface area contributed by atoms with Crippen LogP contribution in [0.15, 0.2) is 77.4 Å². The second-order valence-electron chi connectivity index (χ2n) is 7.36. The first-order valence-electron chi connectivity index (χ1n) is 9.80. The first-order valence-corrected chi connectivity index (χ1v) is 9.80. The fourth-order valence-corrected chi connectivity index (χ4v) is 3.55. The largest absolute Gasteiger partial charge is 0.489 e. The first kappa shape index (κ1) is 19.7. The number of furan rings is 1. The topological polar surface area (TPSA) is 85.7 Å². The summed E-state index contributed by atoms with van der Waals surface area (Å²) in [6, 6.07) is 21.3. The van der Waals surface area contributed by atoms with Crippen LogP contribution < -0.4 is 10.5 Å². The molecule has 0 amide bonds. The van der Waals surface area contributed by atoms with Gasteiger partial charge in [0.1, 0.15) is 17.9 Å². The van der Waals surface area contributed by atoms with E-state index in [4.69, 9.17) is 20.0 Å². The smallest absolute Gasteiger partial charge is 0.307 e. The number of carboxylic acids is 1. The molecule has 0 saturated heterocycles. The lowest BCUT2D eigenvalue weighted by Gasteiger charge is -2.13. The molecule has 0 spiro atoms. The van der Waals surface area contributed by atoms with Gasteiger partial charge in [-0.2, -0.15) is 0 Å². The van der Waals surface area contributed by atoms with Gasteiger partial charge in [-0.1, -0.05) is 36.4 Å². The SMILES string of the molecule is C[C@@H](N)c1cccc(-c2cc(COc3ccccc3CC(=O)O)cc3ccoc23)c1. The second kappa shape index (κ2) is 8.43. The molecular formula is C25H23NO4. The summed E-state index contributed by atoms with van der Waals surface area (Å²) in [7, 11) is 0. The van der Waals surface area contributed by atoms with Gasteiger partial charge in [0.05, 0.1) is 12.7 Å². The number of carbonyl (C=O) groups is 1. The lowest BCUT2D eigenvalue weighted by Crippen LogP contribution is -2.05. The normalized spacial score (nSPS) is 12.1. The van der Waals surface area contributed by atoms with Gasteiger partial charge in [0.2, 0.25) is 0 Å². The summed E-state index contributed by atoms with van der Waals surface area (Å²) in [5.41, 5.74) is 11.5. The molecule has 4 aromatic rings. The molecule has 4 rings (SSSR count). The summed E-state index contributed by atoms with van der Waals surface area (Å²) in [6.07, 6.45) is 1.60. The Morgan fingerprint density at radius 2 is 1.93 bits per heavy atom. The lowest BCUT2D eigenvalue weighted by atomic mass is 9.97. The molecule has 0 radical (unpaired) electrons. The van der Waals surface area contributed by atoms with Crippen LogP contribution in [0.3, 0.4) is 0 Å². The van der Waals surface area contributed by atoms with Crippen molar-refractivity contribution >= 4 is 16.9 Å². The quantitative estimate of drug-likeness (QED) is 0.437. The third-order valence-electron chi connectivity index (χ3n) is 5.04. The first-order chi connectivity index (χ1) is 14.5. The van der Waals surface area contributed by atoms with E-state index in [0.29, 0.717) is 17.9 Å². The molecule has 3 aromatic carbocycles. The predicted octanol–water partition coefficient (Wildman–Crippen LogP) is 5.33. The van der Waals surface area contributed by atoms with E-state index in [1.54, 1.807) is 18.4 Å². The molecule has 0 unspecified atom stereocenters. The maximum absolute atomic E-state index is 11.1. The standard InChI is InChI=1S/C25H23NO4/c1-16(26)18-6-4-7-19(13-18)22-12-17(11-21-9-10-29-25(21)22)15-30-23-8-3-2-5-20(23)14-24(27)28/h2-13,16H,14-15,26H2,1H3,(H,27,28)/t16-/m1/s1. The van der Waals surface area contributed by atoms with E-state index in [0.717, 1.165) is 33.2 Å². The molecule has 0 bridgehead atoms. The third kappa shape index (κ3) is 4.21. The Bertz CT molecular complexity index is 1190. The molecule has 0 aliphatic heterocycles. The van der Waals surface area contributed by atoms with Crippen molar-refractivity contribution in [3.05, 3.63) is 89.7 Å². The summed E-state index contributed by atoms with van der Waals surface area (Å²) >= 11 is 0. The Hall–Kier alpha value is -3.57. The zero-order chi connectivity index (χ0) is 21.1. The molecule has 0 fully saturated rings.